The Morgan fingerprint density at radius 1 is 1.22 bits per heavy atom. The summed E-state index contributed by atoms with van der Waals surface area (Å²) in [5, 5.41) is 10.4. The molecule has 0 radical (unpaired) electrons. The first-order valence-electron chi connectivity index (χ1n) is 7.96. The summed E-state index contributed by atoms with van der Waals surface area (Å²) in [5.74, 6) is 0.0789. The SMILES string of the molecule is CC(C)C1(O)CCN(CCOc2ccccc2C(F)(F)F)CC1. The Labute approximate surface area is 135 Å². The fourth-order valence-corrected chi connectivity index (χ4v) is 2.85. The van der Waals surface area contributed by atoms with Crippen molar-refractivity contribution < 1.29 is 23.0 Å². The lowest BCUT2D eigenvalue weighted by atomic mass is 9.81. The third kappa shape index (κ3) is 4.61. The summed E-state index contributed by atoms with van der Waals surface area (Å²) in [7, 11) is 0. The molecule has 1 aliphatic rings. The van der Waals surface area contributed by atoms with Crippen LogP contribution in [-0.2, 0) is 6.18 Å². The van der Waals surface area contributed by atoms with Crippen molar-refractivity contribution in [1.82, 2.24) is 4.90 Å². The number of piperidine rings is 1. The van der Waals surface area contributed by atoms with E-state index in [1.54, 1.807) is 0 Å². The molecule has 1 fully saturated rings. The predicted octanol–water partition coefficient (Wildman–Crippen LogP) is 3.57. The molecular weight excluding hydrogens is 307 g/mol. The minimum atomic E-state index is -4.41. The van der Waals surface area contributed by atoms with Crippen LogP contribution in [0.1, 0.15) is 32.3 Å². The van der Waals surface area contributed by atoms with E-state index in [0.717, 1.165) is 19.2 Å². The highest BCUT2D eigenvalue weighted by Crippen LogP contribution is 2.36. The lowest BCUT2D eigenvalue weighted by Gasteiger charge is -2.40. The summed E-state index contributed by atoms with van der Waals surface area (Å²) in [4.78, 5) is 2.12. The van der Waals surface area contributed by atoms with Crippen molar-refractivity contribution in [2.24, 2.45) is 5.92 Å². The van der Waals surface area contributed by atoms with E-state index in [9.17, 15) is 18.3 Å². The van der Waals surface area contributed by atoms with Gasteiger partial charge in [-0.1, -0.05) is 26.0 Å². The molecule has 6 heteroatoms. The van der Waals surface area contributed by atoms with Crippen molar-refractivity contribution in [3.8, 4) is 5.75 Å². The number of hydrogen-bond acceptors (Lipinski definition) is 3. The monoisotopic (exact) mass is 331 g/mol. The van der Waals surface area contributed by atoms with Gasteiger partial charge in [-0.15, -0.1) is 0 Å². The van der Waals surface area contributed by atoms with Crippen molar-refractivity contribution in [3.63, 3.8) is 0 Å². The summed E-state index contributed by atoms with van der Waals surface area (Å²) in [6, 6.07) is 5.26. The molecule has 1 heterocycles. The van der Waals surface area contributed by atoms with Crippen molar-refractivity contribution in [3.05, 3.63) is 29.8 Å². The Morgan fingerprint density at radius 3 is 2.39 bits per heavy atom. The number of nitrogens with zero attached hydrogens (tertiary/aromatic N) is 1. The topological polar surface area (TPSA) is 32.7 Å². The molecule has 0 unspecified atom stereocenters. The molecule has 0 spiro atoms. The maximum atomic E-state index is 12.9. The normalized spacial score (nSPS) is 19.1. The van der Waals surface area contributed by atoms with E-state index >= 15 is 0 Å². The quantitative estimate of drug-likeness (QED) is 0.895. The van der Waals surface area contributed by atoms with Crippen molar-refractivity contribution in [1.29, 1.82) is 0 Å². The molecule has 1 aliphatic heterocycles. The van der Waals surface area contributed by atoms with Gasteiger partial charge in [0.05, 0.1) is 11.2 Å². The zero-order chi connectivity index (χ0) is 17.1. The van der Waals surface area contributed by atoms with Crippen LogP contribution in [-0.4, -0.2) is 41.8 Å². The summed E-state index contributed by atoms with van der Waals surface area (Å²) in [6.07, 6.45) is -3.04. The highest BCUT2D eigenvalue weighted by molar-refractivity contribution is 5.35. The molecule has 23 heavy (non-hydrogen) atoms. The predicted molar refractivity (Wildman–Crippen MR) is 82.4 cm³/mol. The number of benzene rings is 1. The Morgan fingerprint density at radius 2 is 1.83 bits per heavy atom. The van der Waals surface area contributed by atoms with Crippen molar-refractivity contribution in [2.75, 3.05) is 26.2 Å². The molecule has 2 rings (SSSR count). The molecule has 0 amide bonds. The fraction of sp³-hybridized carbons (Fsp3) is 0.647. The largest absolute Gasteiger partial charge is 0.492 e. The number of likely N-dealkylation sites (tertiary alicyclic amines) is 1. The summed E-state index contributed by atoms with van der Waals surface area (Å²) < 4.78 is 44.0. The molecule has 1 N–H and O–H groups in total. The van der Waals surface area contributed by atoms with Crippen LogP contribution in [0.2, 0.25) is 0 Å². The first-order chi connectivity index (χ1) is 10.7. The molecule has 3 nitrogen and oxygen atoms in total. The van der Waals surface area contributed by atoms with E-state index in [4.69, 9.17) is 4.74 Å². The molecule has 0 aliphatic carbocycles. The molecule has 1 aromatic carbocycles. The third-order valence-corrected chi connectivity index (χ3v) is 4.65. The molecule has 0 atom stereocenters. The minimum Gasteiger partial charge on any atom is -0.492 e. The maximum Gasteiger partial charge on any atom is 0.419 e. The molecule has 1 saturated heterocycles. The molecule has 0 aromatic heterocycles. The molecular formula is C17H24F3NO2. The second-order valence-corrected chi connectivity index (χ2v) is 6.44. The van der Waals surface area contributed by atoms with Crippen molar-refractivity contribution in [2.45, 2.75) is 38.5 Å². The lowest BCUT2D eigenvalue weighted by molar-refractivity contribution is -0.139. The highest BCUT2D eigenvalue weighted by Gasteiger charge is 2.35. The van der Waals surface area contributed by atoms with Crippen molar-refractivity contribution >= 4 is 0 Å². The first kappa shape index (κ1) is 18.1. The number of aliphatic hydroxyl groups is 1. The van der Waals surface area contributed by atoms with Crippen LogP contribution in [0.15, 0.2) is 24.3 Å². The molecule has 1 aromatic rings. The average molecular weight is 331 g/mol. The number of alkyl halides is 3. The third-order valence-electron chi connectivity index (χ3n) is 4.65. The van der Waals surface area contributed by atoms with Gasteiger partial charge in [-0.05, 0) is 30.9 Å². The maximum absolute atomic E-state index is 12.9. The van der Waals surface area contributed by atoms with Gasteiger partial charge in [-0.3, -0.25) is 4.90 Å². The van der Waals surface area contributed by atoms with E-state index in [0.29, 0.717) is 19.4 Å². The van der Waals surface area contributed by atoms with Crippen LogP contribution in [0.3, 0.4) is 0 Å². The van der Waals surface area contributed by atoms with E-state index < -0.39 is 17.3 Å². The van der Waals surface area contributed by atoms with E-state index in [1.165, 1.54) is 18.2 Å². The number of hydrogen-bond donors (Lipinski definition) is 1. The van der Waals surface area contributed by atoms with E-state index in [2.05, 4.69) is 4.90 Å². The van der Waals surface area contributed by atoms with Crippen LogP contribution in [0.4, 0.5) is 13.2 Å². The Bertz CT molecular complexity index is 509. The zero-order valence-corrected chi connectivity index (χ0v) is 13.6. The molecule has 0 bridgehead atoms. The lowest BCUT2D eigenvalue weighted by Crippen LogP contribution is -2.48. The van der Waals surface area contributed by atoms with Gasteiger partial charge in [-0.2, -0.15) is 13.2 Å². The van der Waals surface area contributed by atoms with Crippen LogP contribution < -0.4 is 4.74 Å². The standard InChI is InChI=1S/C17H24F3NO2/c1-13(2)16(22)7-9-21(10-8-16)11-12-23-15-6-4-3-5-14(15)17(18,19)20/h3-6,13,22H,7-12H2,1-2H3. The van der Waals surface area contributed by atoms with Crippen LogP contribution in [0, 0.1) is 5.92 Å². The van der Waals surface area contributed by atoms with E-state index in [1.807, 2.05) is 13.8 Å². The summed E-state index contributed by atoms with van der Waals surface area (Å²) in [5.41, 5.74) is -1.37. The minimum absolute atomic E-state index is 0.129. The number of halogens is 3. The van der Waals surface area contributed by atoms with Crippen LogP contribution in [0.5, 0.6) is 5.75 Å². The highest BCUT2D eigenvalue weighted by atomic mass is 19.4. The Balaban J connectivity index is 1.83. The zero-order valence-electron chi connectivity index (χ0n) is 13.6. The Hall–Kier alpha value is -1.27. The summed E-state index contributed by atoms with van der Waals surface area (Å²) in [6.45, 7) is 6.24. The van der Waals surface area contributed by atoms with Gasteiger partial charge in [0.1, 0.15) is 12.4 Å². The van der Waals surface area contributed by atoms with Gasteiger partial charge < -0.3 is 9.84 Å². The number of para-hydroxylation sites is 1. The van der Waals surface area contributed by atoms with Gasteiger partial charge in [-0.25, -0.2) is 0 Å². The molecule has 130 valence electrons. The second kappa shape index (κ2) is 7.09. The van der Waals surface area contributed by atoms with E-state index in [-0.39, 0.29) is 18.3 Å². The van der Waals surface area contributed by atoms with Gasteiger partial charge in [0, 0.05) is 19.6 Å². The van der Waals surface area contributed by atoms with Gasteiger partial charge in [0.15, 0.2) is 0 Å². The van der Waals surface area contributed by atoms with Crippen LogP contribution >= 0.6 is 0 Å². The van der Waals surface area contributed by atoms with Gasteiger partial charge >= 0.3 is 6.18 Å². The van der Waals surface area contributed by atoms with Gasteiger partial charge in [0.2, 0.25) is 0 Å². The fourth-order valence-electron chi connectivity index (χ4n) is 2.85. The number of rotatable bonds is 5. The number of ether oxygens (including phenoxy) is 1. The smallest absolute Gasteiger partial charge is 0.419 e. The average Bonchev–Trinajstić information content (AvgIpc) is 2.49. The summed E-state index contributed by atoms with van der Waals surface area (Å²) >= 11 is 0. The van der Waals surface area contributed by atoms with Gasteiger partial charge in [0.25, 0.3) is 0 Å². The first-order valence-corrected chi connectivity index (χ1v) is 7.96. The Kier molecular flexibility index (Phi) is 5.57. The second-order valence-electron chi connectivity index (χ2n) is 6.44. The van der Waals surface area contributed by atoms with Crippen LogP contribution in [0.25, 0.3) is 0 Å². The molecule has 0 saturated carbocycles.